The molecular formula is C23H34O. The molecule has 0 spiro atoms. The van der Waals surface area contributed by atoms with E-state index in [0.29, 0.717) is 0 Å². The molecule has 1 nitrogen and oxygen atoms in total. The average molecular weight is 327 g/mol. The van der Waals surface area contributed by atoms with E-state index in [1.54, 1.807) is 0 Å². The van der Waals surface area contributed by atoms with Crippen LogP contribution in [0.4, 0.5) is 0 Å². The average Bonchev–Trinajstić information content (AvgIpc) is 2.63. The van der Waals surface area contributed by atoms with Crippen molar-refractivity contribution in [3.63, 3.8) is 0 Å². The summed E-state index contributed by atoms with van der Waals surface area (Å²) in [7, 11) is 0. The van der Waals surface area contributed by atoms with Gasteiger partial charge in [-0.05, 0) is 74.8 Å². The second-order valence-corrected chi connectivity index (χ2v) is 6.98. The normalized spacial score (nSPS) is 21.8. The minimum Gasteiger partial charge on any atom is -0.376 e. The van der Waals surface area contributed by atoms with Gasteiger partial charge in [0.1, 0.15) is 0 Å². The van der Waals surface area contributed by atoms with Gasteiger partial charge in [0.15, 0.2) is 0 Å². The van der Waals surface area contributed by atoms with Crippen LogP contribution in [0.25, 0.3) is 0 Å². The van der Waals surface area contributed by atoms with E-state index in [9.17, 15) is 0 Å². The van der Waals surface area contributed by atoms with E-state index in [1.807, 2.05) is 6.92 Å². The quantitative estimate of drug-likeness (QED) is 0.358. The van der Waals surface area contributed by atoms with E-state index in [0.717, 1.165) is 31.5 Å². The Morgan fingerprint density at radius 2 is 1.75 bits per heavy atom. The molecule has 0 bridgehead atoms. The Hall–Kier alpha value is -1.34. The molecule has 0 unspecified atom stereocenters. The highest BCUT2D eigenvalue weighted by atomic mass is 16.5. The predicted molar refractivity (Wildman–Crippen MR) is 104 cm³/mol. The van der Waals surface area contributed by atoms with Gasteiger partial charge >= 0.3 is 0 Å². The molecule has 0 amide bonds. The van der Waals surface area contributed by atoms with Crippen LogP contribution in [-0.4, -0.2) is 6.61 Å². The largest absolute Gasteiger partial charge is 0.376 e. The molecule has 1 saturated carbocycles. The van der Waals surface area contributed by atoms with Gasteiger partial charge in [0, 0.05) is 0 Å². The molecular weight excluding hydrogens is 292 g/mol. The first kappa shape index (κ1) is 19.0. The monoisotopic (exact) mass is 326 g/mol. The molecule has 0 aliphatic heterocycles. The van der Waals surface area contributed by atoms with Gasteiger partial charge in [-0.1, -0.05) is 55.5 Å². The molecule has 2 rings (SSSR count). The summed E-state index contributed by atoms with van der Waals surface area (Å²) in [4.78, 5) is 0. The van der Waals surface area contributed by atoms with Gasteiger partial charge in [-0.15, -0.1) is 0 Å². The van der Waals surface area contributed by atoms with Crippen LogP contribution < -0.4 is 0 Å². The van der Waals surface area contributed by atoms with Crippen molar-refractivity contribution >= 4 is 0 Å². The lowest BCUT2D eigenvalue weighted by atomic mass is 9.77. The topological polar surface area (TPSA) is 9.23 Å². The number of ether oxygens (including phenoxy) is 1. The highest BCUT2D eigenvalue weighted by Crippen LogP contribution is 2.37. The molecule has 0 saturated heterocycles. The van der Waals surface area contributed by atoms with Crippen LogP contribution in [0.1, 0.15) is 75.8 Å². The maximum atomic E-state index is 5.71. The van der Waals surface area contributed by atoms with E-state index in [2.05, 4.69) is 55.5 Å². The lowest BCUT2D eigenvalue weighted by Crippen LogP contribution is -2.12. The van der Waals surface area contributed by atoms with Crippen LogP contribution in [0.5, 0.6) is 0 Å². The zero-order valence-corrected chi connectivity index (χ0v) is 15.5. The Morgan fingerprint density at radius 3 is 2.42 bits per heavy atom. The van der Waals surface area contributed by atoms with Crippen LogP contribution in [-0.2, 0) is 11.3 Å². The van der Waals surface area contributed by atoms with E-state index >= 15 is 0 Å². The van der Waals surface area contributed by atoms with Crippen LogP contribution >= 0.6 is 0 Å². The number of benzene rings is 1. The first-order chi connectivity index (χ1) is 11.8. The summed E-state index contributed by atoms with van der Waals surface area (Å²) >= 11 is 0. The number of hydrogen-bond acceptors (Lipinski definition) is 1. The fourth-order valence-corrected chi connectivity index (χ4v) is 3.58. The molecule has 1 fully saturated rings. The van der Waals surface area contributed by atoms with Gasteiger partial charge in [-0.3, -0.25) is 0 Å². The molecule has 132 valence electrons. The summed E-state index contributed by atoms with van der Waals surface area (Å²) in [6.45, 7) is 5.80. The van der Waals surface area contributed by atoms with Crippen molar-refractivity contribution in [2.75, 3.05) is 6.61 Å². The molecule has 1 heteroatoms. The molecule has 24 heavy (non-hydrogen) atoms. The fourth-order valence-electron chi connectivity index (χ4n) is 3.58. The van der Waals surface area contributed by atoms with Crippen LogP contribution in [0.3, 0.4) is 0 Å². The number of rotatable bonds is 9. The standard InChI is InChI=1S/C23H34O/c1-3-5-7-9-20-10-14-22(15-11-20)23-16-12-21(13-17-23)19-24-18-8-6-4-2/h4-7,12-13,16-17,20,22H,3,8-11,14-15,18-19H2,1-2H3/b6-4+,7-5+/t20-,22-. The summed E-state index contributed by atoms with van der Waals surface area (Å²) in [5.74, 6) is 1.68. The zero-order chi connectivity index (χ0) is 17.0. The maximum absolute atomic E-state index is 5.71. The van der Waals surface area contributed by atoms with Crippen LogP contribution in [0.15, 0.2) is 48.6 Å². The van der Waals surface area contributed by atoms with E-state index in [1.165, 1.54) is 49.7 Å². The first-order valence-corrected chi connectivity index (χ1v) is 9.76. The molecule has 0 heterocycles. The van der Waals surface area contributed by atoms with E-state index < -0.39 is 0 Å². The molecule has 1 aliphatic rings. The summed E-state index contributed by atoms with van der Waals surface area (Å²) in [6, 6.07) is 9.15. The van der Waals surface area contributed by atoms with Crippen molar-refractivity contribution in [3.8, 4) is 0 Å². The third-order valence-corrected chi connectivity index (χ3v) is 5.10. The summed E-state index contributed by atoms with van der Waals surface area (Å²) in [5, 5.41) is 0. The van der Waals surface area contributed by atoms with Gasteiger partial charge in [-0.25, -0.2) is 0 Å². The Morgan fingerprint density at radius 1 is 1.00 bits per heavy atom. The molecule has 0 atom stereocenters. The van der Waals surface area contributed by atoms with E-state index in [-0.39, 0.29) is 0 Å². The van der Waals surface area contributed by atoms with Crippen LogP contribution in [0.2, 0.25) is 0 Å². The van der Waals surface area contributed by atoms with Crippen molar-refractivity contribution in [2.45, 2.75) is 71.3 Å². The zero-order valence-electron chi connectivity index (χ0n) is 15.5. The minimum atomic E-state index is 0.730. The molecule has 0 N–H and O–H groups in total. The highest BCUT2D eigenvalue weighted by molar-refractivity contribution is 5.25. The predicted octanol–water partition coefficient (Wildman–Crippen LogP) is 6.80. The third kappa shape index (κ3) is 6.65. The van der Waals surface area contributed by atoms with E-state index in [4.69, 9.17) is 4.74 Å². The summed E-state index contributed by atoms with van der Waals surface area (Å²) in [5.41, 5.74) is 2.81. The van der Waals surface area contributed by atoms with Gasteiger partial charge in [0.25, 0.3) is 0 Å². The number of allylic oxidation sites excluding steroid dienone is 3. The minimum absolute atomic E-state index is 0.730. The lowest BCUT2D eigenvalue weighted by molar-refractivity contribution is 0.125. The van der Waals surface area contributed by atoms with Gasteiger partial charge in [0.05, 0.1) is 13.2 Å². The molecule has 1 aromatic carbocycles. The fraction of sp³-hybridized carbons (Fsp3) is 0.565. The van der Waals surface area contributed by atoms with Crippen molar-refractivity contribution in [3.05, 3.63) is 59.7 Å². The summed E-state index contributed by atoms with van der Waals surface area (Å²) in [6.07, 6.45) is 17.8. The lowest BCUT2D eigenvalue weighted by Gasteiger charge is -2.28. The SMILES string of the molecule is C/C=C/CCOCc1ccc([C@H]2CC[C@H](C/C=C/CC)CC2)cc1. The maximum Gasteiger partial charge on any atom is 0.0717 e. The molecule has 1 aliphatic carbocycles. The molecule has 0 aromatic heterocycles. The Bertz CT molecular complexity index is 489. The van der Waals surface area contributed by atoms with Crippen molar-refractivity contribution in [2.24, 2.45) is 5.92 Å². The molecule has 1 aromatic rings. The third-order valence-electron chi connectivity index (χ3n) is 5.10. The van der Waals surface area contributed by atoms with Crippen molar-refractivity contribution in [1.82, 2.24) is 0 Å². The Kier molecular flexibility index (Phi) is 8.91. The van der Waals surface area contributed by atoms with Gasteiger partial charge in [0.2, 0.25) is 0 Å². The number of hydrogen-bond donors (Lipinski definition) is 0. The van der Waals surface area contributed by atoms with Gasteiger partial charge < -0.3 is 4.74 Å². The van der Waals surface area contributed by atoms with Crippen molar-refractivity contribution in [1.29, 1.82) is 0 Å². The second-order valence-electron chi connectivity index (χ2n) is 6.98. The van der Waals surface area contributed by atoms with Gasteiger partial charge in [-0.2, -0.15) is 0 Å². The first-order valence-electron chi connectivity index (χ1n) is 9.76. The smallest absolute Gasteiger partial charge is 0.0717 e. The Balaban J connectivity index is 1.72. The summed E-state index contributed by atoms with van der Waals surface area (Å²) < 4.78 is 5.71. The van der Waals surface area contributed by atoms with Crippen LogP contribution in [0, 0.1) is 5.92 Å². The molecule has 0 radical (unpaired) electrons. The Labute approximate surface area is 148 Å². The highest BCUT2D eigenvalue weighted by Gasteiger charge is 2.21. The second kappa shape index (κ2) is 11.3. The van der Waals surface area contributed by atoms with Crippen molar-refractivity contribution < 1.29 is 4.74 Å².